The number of imidazole rings is 2. The van der Waals surface area contributed by atoms with Gasteiger partial charge in [-0.3, -0.25) is 18.7 Å². The van der Waals surface area contributed by atoms with Crippen LogP contribution < -0.4 is 15.9 Å². The van der Waals surface area contributed by atoms with Crippen LogP contribution in [-0.4, -0.2) is 45.3 Å². The molecule has 8 rings (SSSR count). The Balaban J connectivity index is 0.000000187. The zero-order valence-corrected chi connectivity index (χ0v) is 33.0. The fourth-order valence-corrected chi connectivity index (χ4v) is 6.47. The molecule has 16 heteroatoms. The minimum atomic E-state index is -4.52. The van der Waals surface area contributed by atoms with Crippen molar-refractivity contribution in [2.24, 2.45) is 0 Å². The van der Waals surface area contributed by atoms with Crippen LogP contribution >= 0.6 is 0 Å². The number of alkyl halides is 3. The van der Waals surface area contributed by atoms with Crippen molar-refractivity contribution in [3.8, 4) is 29.7 Å². The highest BCUT2D eigenvalue weighted by Gasteiger charge is 2.31. The number of hydrogen-bond acceptors (Lipinski definition) is 9. The molecule has 308 valence electrons. The number of pyridine rings is 4. The molecule has 0 amide bonds. The number of aromatic nitrogens is 8. The van der Waals surface area contributed by atoms with Crippen molar-refractivity contribution in [1.29, 1.82) is 10.5 Å². The second kappa shape index (κ2) is 18.7. The highest BCUT2D eigenvalue weighted by Crippen LogP contribution is 2.29. The number of nitrogens with zero attached hydrogens (tertiary/aromatic N) is 10. The smallest absolute Gasteiger partial charge is 0.416 e. The predicted octanol–water partition coefficient (Wildman–Crippen LogP) is 6.91. The topological polar surface area (TPSA) is 162 Å². The lowest BCUT2D eigenvalue weighted by Gasteiger charge is -2.11. The van der Waals surface area contributed by atoms with Crippen LogP contribution in [0.3, 0.4) is 0 Å². The first-order valence-electron chi connectivity index (χ1n) is 18.9. The normalized spacial score (nSPS) is 10.9. The number of rotatable bonds is 11. The largest absolute Gasteiger partial charge is 0.481 e. The Morgan fingerprint density at radius 1 is 0.645 bits per heavy atom. The highest BCUT2D eigenvalue weighted by molar-refractivity contribution is 5.35. The monoisotopic (exact) mass is 832 g/mol. The minimum Gasteiger partial charge on any atom is -0.481 e. The molecular weight excluding hydrogens is 798 g/mol. The molecule has 0 aliphatic carbocycles. The summed E-state index contributed by atoms with van der Waals surface area (Å²) in [5.41, 5.74) is 5.30. The standard InChI is InChI=1S/C23H16F3N5O.C23H19N5O2/c24-23(25,26)19-5-7-29-21(11-19)31-8-6-18(10-22(31)32)14-30-15-28-13-20(30)9-16-1-3-17(12-27)4-2-16;1-30-22-4-2-3-21(26-22)28-10-9-19(12-23(28)29)15-27-16-25-14-20(27)11-17-5-7-18(13-24)8-6-17/h1-8,10-11,13,15H,9,14H2;2-10,12,14,16H,11,15H2,1H3. The first-order valence-corrected chi connectivity index (χ1v) is 18.9. The second-order valence-electron chi connectivity index (χ2n) is 13.9. The summed E-state index contributed by atoms with van der Waals surface area (Å²) in [4.78, 5) is 41.8. The maximum Gasteiger partial charge on any atom is 0.416 e. The summed E-state index contributed by atoms with van der Waals surface area (Å²) < 4.78 is 50.5. The van der Waals surface area contributed by atoms with Gasteiger partial charge in [-0.25, -0.2) is 15.0 Å². The molecule has 0 saturated heterocycles. The van der Waals surface area contributed by atoms with Gasteiger partial charge in [-0.15, -0.1) is 0 Å². The van der Waals surface area contributed by atoms with Gasteiger partial charge in [-0.05, 0) is 76.9 Å². The Kier molecular flexibility index (Phi) is 12.6. The van der Waals surface area contributed by atoms with Crippen molar-refractivity contribution in [2.75, 3.05) is 7.11 Å². The van der Waals surface area contributed by atoms with Gasteiger partial charge in [0.25, 0.3) is 11.1 Å². The Morgan fingerprint density at radius 3 is 1.63 bits per heavy atom. The minimum absolute atomic E-state index is 0.0967. The van der Waals surface area contributed by atoms with Crippen molar-refractivity contribution < 1.29 is 17.9 Å². The van der Waals surface area contributed by atoms with Gasteiger partial charge in [-0.1, -0.05) is 30.3 Å². The van der Waals surface area contributed by atoms with E-state index >= 15 is 0 Å². The zero-order valence-electron chi connectivity index (χ0n) is 33.0. The lowest BCUT2D eigenvalue weighted by atomic mass is 10.1. The van der Waals surface area contributed by atoms with Crippen LogP contribution in [0.5, 0.6) is 5.88 Å². The molecule has 0 radical (unpaired) electrons. The van der Waals surface area contributed by atoms with Gasteiger partial charge in [0.15, 0.2) is 0 Å². The summed E-state index contributed by atoms with van der Waals surface area (Å²) in [6.45, 7) is 0.908. The first-order chi connectivity index (χ1) is 30.0. The molecule has 0 unspecified atom stereocenters. The molecule has 13 nitrogen and oxygen atoms in total. The molecule has 6 aromatic heterocycles. The van der Waals surface area contributed by atoms with E-state index in [2.05, 4.69) is 32.1 Å². The summed E-state index contributed by atoms with van der Waals surface area (Å²) in [6, 6.07) is 32.5. The van der Waals surface area contributed by atoms with Crippen molar-refractivity contribution >= 4 is 0 Å². The van der Waals surface area contributed by atoms with Gasteiger partial charge >= 0.3 is 6.18 Å². The predicted molar refractivity (Wildman–Crippen MR) is 222 cm³/mol. The van der Waals surface area contributed by atoms with E-state index < -0.39 is 17.3 Å². The number of halogens is 3. The van der Waals surface area contributed by atoms with Crippen molar-refractivity contribution in [2.45, 2.75) is 32.1 Å². The van der Waals surface area contributed by atoms with Gasteiger partial charge in [0, 0.05) is 86.5 Å². The Bertz CT molecular complexity index is 3030. The van der Waals surface area contributed by atoms with Crippen LogP contribution in [-0.2, 0) is 32.1 Å². The molecule has 62 heavy (non-hydrogen) atoms. The highest BCUT2D eigenvalue weighted by atomic mass is 19.4. The van der Waals surface area contributed by atoms with E-state index in [-0.39, 0.29) is 11.4 Å². The first kappa shape index (κ1) is 41.8. The summed E-state index contributed by atoms with van der Waals surface area (Å²) in [5, 5.41) is 17.8. The van der Waals surface area contributed by atoms with E-state index in [9.17, 15) is 22.8 Å². The molecule has 0 aliphatic rings. The van der Waals surface area contributed by atoms with E-state index in [4.69, 9.17) is 15.3 Å². The zero-order chi connectivity index (χ0) is 43.6. The van der Waals surface area contributed by atoms with Gasteiger partial charge in [-0.2, -0.15) is 28.7 Å². The van der Waals surface area contributed by atoms with Crippen molar-refractivity contribution in [3.05, 3.63) is 218 Å². The van der Waals surface area contributed by atoms with Gasteiger partial charge in [0.05, 0.1) is 48.6 Å². The van der Waals surface area contributed by atoms with E-state index in [1.54, 1.807) is 74.6 Å². The van der Waals surface area contributed by atoms with E-state index in [0.717, 1.165) is 51.0 Å². The van der Waals surface area contributed by atoms with Gasteiger partial charge < -0.3 is 13.9 Å². The number of benzene rings is 2. The SMILES string of the molecule is COc1cccc(-n2ccc(Cn3cncc3Cc3ccc(C#N)cc3)cc2=O)n1.N#Cc1ccc(Cc2cncn2Cc2ccn(-c3cc(C(F)(F)F)ccn3)c(=O)c2)cc1. The van der Waals surface area contributed by atoms with E-state index in [1.807, 2.05) is 57.8 Å². The summed E-state index contributed by atoms with van der Waals surface area (Å²) in [7, 11) is 1.54. The second-order valence-corrected chi connectivity index (χ2v) is 13.9. The van der Waals surface area contributed by atoms with Crippen LogP contribution in [0, 0.1) is 22.7 Å². The summed E-state index contributed by atoms with van der Waals surface area (Å²) in [6.07, 6.45) is 7.88. The van der Waals surface area contributed by atoms with Crippen molar-refractivity contribution in [1.82, 2.24) is 38.2 Å². The maximum absolute atomic E-state index is 13.0. The molecule has 2 aromatic carbocycles. The third kappa shape index (κ3) is 10.3. The van der Waals surface area contributed by atoms with Crippen LogP contribution in [0.1, 0.15) is 50.3 Å². The third-order valence-electron chi connectivity index (χ3n) is 9.69. The van der Waals surface area contributed by atoms with Crippen LogP contribution in [0.15, 0.2) is 156 Å². The molecule has 0 saturated carbocycles. The molecule has 0 atom stereocenters. The van der Waals surface area contributed by atoms with Gasteiger partial charge in [0.1, 0.15) is 11.6 Å². The molecule has 8 aromatic rings. The lowest BCUT2D eigenvalue weighted by Crippen LogP contribution is -2.20. The average Bonchev–Trinajstić information content (AvgIpc) is 3.92. The lowest BCUT2D eigenvalue weighted by molar-refractivity contribution is -0.137. The van der Waals surface area contributed by atoms with Gasteiger partial charge in [0.2, 0.25) is 5.88 Å². The Morgan fingerprint density at radius 2 is 1.16 bits per heavy atom. The molecule has 0 aliphatic heterocycles. The quantitative estimate of drug-likeness (QED) is 0.135. The van der Waals surface area contributed by atoms with E-state index in [0.29, 0.717) is 54.3 Å². The summed E-state index contributed by atoms with van der Waals surface area (Å²) in [5.74, 6) is 0.866. The number of nitriles is 2. The Labute approximate surface area is 352 Å². The van der Waals surface area contributed by atoms with Crippen molar-refractivity contribution in [3.63, 3.8) is 0 Å². The third-order valence-corrected chi connectivity index (χ3v) is 9.69. The average molecular weight is 833 g/mol. The van der Waals surface area contributed by atoms with E-state index in [1.165, 1.54) is 16.8 Å². The molecule has 0 N–H and O–H groups in total. The number of methoxy groups -OCH3 is 1. The van der Waals surface area contributed by atoms with Crippen LogP contribution in [0.4, 0.5) is 13.2 Å². The molecular formula is C46H35F3N10O3. The molecule has 0 fully saturated rings. The maximum atomic E-state index is 13.0. The molecule has 0 spiro atoms. The fourth-order valence-electron chi connectivity index (χ4n) is 6.47. The molecule has 0 bridgehead atoms. The Hall–Kier alpha value is -8.37. The fraction of sp³-hybridized carbons (Fsp3) is 0.130. The number of hydrogen-bond donors (Lipinski definition) is 0. The van der Waals surface area contributed by atoms with Crippen LogP contribution in [0.25, 0.3) is 11.6 Å². The summed E-state index contributed by atoms with van der Waals surface area (Å²) >= 11 is 0. The van der Waals surface area contributed by atoms with Crippen LogP contribution in [0.2, 0.25) is 0 Å². The molecule has 6 heterocycles. The number of ether oxygens (including phenoxy) is 1.